The Morgan fingerprint density at radius 1 is 1.71 bits per heavy atom. The summed E-state index contributed by atoms with van der Waals surface area (Å²) in [7, 11) is 0. The summed E-state index contributed by atoms with van der Waals surface area (Å²) in [5.74, 6) is -1.74. The van der Waals surface area contributed by atoms with Gasteiger partial charge in [-0.2, -0.15) is 5.26 Å². The molecule has 0 heterocycles. The number of carboxylic acid groups (broad SMARTS) is 1. The minimum atomic E-state index is -1.09. The second kappa shape index (κ2) is 5.66. The standard InChI is InChI=1S/C12H11FN2O2/c1-2-3-11(12(16)17)15-10-5-4-8(7-14)6-9(10)13/h2,4-6,11,15H,1,3H2,(H,16,17). The van der Waals surface area contributed by atoms with Gasteiger partial charge in [0.2, 0.25) is 0 Å². The number of nitriles is 1. The highest BCUT2D eigenvalue weighted by Gasteiger charge is 2.16. The molecule has 17 heavy (non-hydrogen) atoms. The smallest absolute Gasteiger partial charge is 0.326 e. The van der Waals surface area contributed by atoms with Crippen LogP contribution in [0.1, 0.15) is 12.0 Å². The fraction of sp³-hybridized carbons (Fsp3) is 0.167. The fourth-order valence-corrected chi connectivity index (χ4v) is 1.28. The first kappa shape index (κ1) is 12.7. The molecule has 0 saturated carbocycles. The van der Waals surface area contributed by atoms with Crippen LogP contribution in [0.3, 0.4) is 0 Å². The van der Waals surface area contributed by atoms with E-state index in [2.05, 4.69) is 11.9 Å². The van der Waals surface area contributed by atoms with Crippen LogP contribution in [0.15, 0.2) is 30.9 Å². The Bertz CT molecular complexity index is 480. The summed E-state index contributed by atoms with van der Waals surface area (Å²) in [5, 5.41) is 20.0. The average Bonchev–Trinajstić information content (AvgIpc) is 2.30. The summed E-state index contributed by atoms with van der Waals surface area (Å²) >= 11 is 0. The van der Waals surface area contributed by atoms with Gasteiger partial charge in [-0.25, -0.2) is 9.18 Å². The van der Waals surface area contributed by atoms with E-state index in [9.17, 15) is 9.18 Å². The number of hydrogen-bond donors (Lipinski definition) is 2. The third-order valence-corrected chi connectivity index (χ3v) is 2.13. The van der Waals surface area contributed by atoms with Crippen molar-refractivity contribution in [1.82, 2.24) is 0 Å². The zero-order chi connectivity index (χ0) is 12.8. The van der Waals surface area contributed by atoms with E-state index in [0.29, 0.717) is 0 Å². The first-order chi connectivity index (χ1) is 8.08. The molecular weight excluding hydrogens is 223 g/mol. The van der Waals surface area contributed by atoms with Crippen molar-refractivity contribution >= 4 is 11.7 Å². The number of carbonyl (C=O) groups is 1. The normalized spacial score (nSPS) is 11.3. The molecule has 2 N–H and O–H groups in total. The number of nitrogens with one attached hydrogen (secondary N) is 1. The highest BCUT2D eigenvalue weighted by atomic mass is 19.1. The lowest BCUT2D eigenvalue weighted by Gasteiger charge is -2.14. The van der Waals surface area contributed by atoms with Crippen molar-refractivity contribution in [3.63, 3.8) is 0 Å². The van der Waals surface area contributed by atoms with Crippen LogP contribution >= 0.6 is 0 Å². The van der Waals surface area contributed by atoms with Gasteiger partial charge in [-0.3, -0.25) is 0 Å². The van der Waals surface area contributed by atoms with Gasteiger partial charge in [0.05, 0.1) is 17.3 Å². The number of anilines is 1. The van der Waals surface area contributed by atoms with E-state index in [0.717, 1.165) is 6.07 Å². The minimum absolute atomic E-state index is 0.0539. The average molecular weight is 234 g/mol. The molecule has 1 aromatic rings. The molecule has 0 bridgehead atoms. The molecular formula is C12H11FN2O2. The molecule has 1 aromatic carbocycles. The van der Waals surface area contributed by atoms with Gasteiger partial charge in [-0.1, -0.05) is 6.08 Å². The van der Waals surface area contributed by atoms with Crippen LogP contribution in [0.5, 0.6) is 0 Å². The summed E-state index contributed by atoms with van der Waals surface area (Å²) in [6.07, 6.45) is 1.61. The monoisotopic (exact) mass is 234 g/mol. The molecule has 0 spiro atoms. The summed E-state index contributed by atoms with van der Waals surface area (Å²) in [6, 6.07) is 4.67. The van der Waals surface area contributed by atoms with Crippen LogP contribution in [0.2, 0.25) is 0 Å². The lowest BCUT2D eigenvalue weighted by molar-refractivity contribution is -0.137. The van der Waals surface area contributed by atoms with Crippen LogP contribution in [0.4, 0.5) is 10.1 Å². The van der Waals surface area contributed by atoms with E-state index in [4.69, 9.17) is 10.4 Å². The molecule has 0 fully saturated rings. The molecule has 1 unspecified atom stereocenters. The van der Waals surface area contributed by atoms with Gasteiger partial charge in [0.15, 0.2) is 0 Å². The fourth-order valence-electron chi connectivity index (χ4n) is 1.28. The summed E-state index contributed by atoms with van der Waals surface area (Å²) in [4.78, 5) is 10.8. The molecule has 1 rings (SSSR count). The Kier molecular flexibility index (Phi) is 4.23. The molecule has 0 radical (unpaired) electrons. The maximum atomic E-state index is 13.5. The zero-order valence-electron chi connectivity index (χ0n) is 8.98. The van der Waals surface area contributed by atoms with Gasteiger partial charge in [0.25, 0.3) is 0 Å². The number of aliphatic carboxylic acids is 1. The van der Waals surface area contributed by atoms with Crippen LogP contribution in [-0.2, 0) is 4.79 Å². The maximum Gasteiger partial charge on any atom is 0.326 e. The maximum absolute atomic E-state index is 13.5. The Hall–Kier alpha value is -2.35. The van der Waals surface area contributed by atoms with Crippen LogP contribution in [0, 0.1) is 17.1 Å². The van der Waals surface area contributed by atoms with E-state index in [-0.39, 0.29) is 17.7 Å². The van der Waals surface area contributed by atoms with Crippen LogP contribution in [-0.4, -0.2) is 17.1 Å². The highest BCUT2D eigenvalue weighted by molar-refractivity contribution is 5.77. The molecule has 0 saturated heterocycles. The van der Waals surface area contributed by atoms with Crippen molar-refractivity contribution in [3.05, 3.63) is 42.2 Å². The van der Waals surface area contributed by atoms with E-state index in [1.165, 1.54) is 18.2 Å². The number of rotatable bonds is 5. The number of benzene rings is 1. The van der Waals surface area contributed by atoms with Crippen molar-refractivity contribution in [2.75, 3.05) is 5.32 Å². The first-order valence-electron chi connectivity index (χ1n) is 4.88. The van der Waals surface area contributed by atoms with Crippen molar-refractivity contribution in [3.8, 4) is 6.07 Å². The highest BCUT2D eigenvalue weighted by Crippen LogP contribution is 2.17. The number of hydrogen-bond acceptors (Lipinski definition) is 3. The SMILES string of the molecule is C=CCC(Nc1ccc(C#N)cc1F)C(=O)O. The Labute approximate surface area is 98.0 Å². The number of nitrogens with zero attached hydrogens (tertiary/aromatic N) is 1. The third-order valence-electron chi connectivity index (χ3n) is 2.13. The summed E-state index contributed by atoms with van der Waals surface area (Å²) in [5.41, 5.74) is 0.238. The van der Waals surface area contributed by atoms with Gasteiger partial charge < -0.3 is 10.4 Å². The van der Waals surface area contributed by atoms with Crippen LogP contribution < -0.4 is 5.32 Å². The second-order valence-electron chi connectivity index (χ2n) is 3.37. The van der Waals surface area contributed by atoms with Crippen LogP contribution in [0.25, 0.3) is 0 Å². The largest absolute Gasteiger partial charge is 0.480 e. The zero-order valence-corrected chi connectivity index (χ0v) is 8.98. The Morgan fingerprint density at radius 3 is 2.88 bits per heavy atom. The van der Waals surface area contributed by atoms with E-state index < -0.39 is 17.8 Å². The Balaban J connectivity index is 2.90. The lowest BCUT2D eigenvalue weighted by atomic mass is 10.1. The first-order valence-corrected chi connectivity index (χ1v) is 4.88. The molecule has 1 atom stereocenters. The van der Waals surface area contributed by atoms with E-state index in [1.54, 1.807) is 6.07 Å². The van der Waals surface area contributed by atoms with Crippen molar-refractivity contribution in [2.24, 2.45) is 0 Å². The molecule has 0 amide bonds. The topological polar surface area (TPSA) is 73.1 Å². The molecule has 0 aromatic heterocycles. The lowest BCUT2D eigenvalue weighted by Crippen LogP contribution is -2.28. The molecule has 4 nitrogen and oxygen atoms in total. The molecule has 88 valence electrons. The van der Waals surface area contributed by atoms with Gasteiger partial charge >= 0.3 is 5.97 Å². The van der Waals surface area contributed by atoms with Crippen molar-refractivity contribution < 1.29 is 14.3 Å². The van der Waals surface area contributed by atoms with Crippen molar-refractivity contribution in [1.29, 1.82) is 5.26 Å². The van der Waals surface area contributed by atoms with Gasteiger partial charge in [-0.15, -0.1) is 6.58 Å². The third kappa shape index (κ3) is 3.31. The Morgan fingerprint density at radius 2 is 2.41 bits per heavy atom. The minimum Gasteiger partial charge on any atom is -0.480 e. The van der Waals surface area contributed by atoms with Gasteiger partial charge in [-0.05, 0) is 24.6 Å². The van der Waals surface area contributed by atoms with Gasteiger partial charge in [0.1, 0.15) is 11.9 Å². The molecule has 0 aliphatic carbocycles. The number of carboxylic acids is 1. The predicted molar refractivity (Wildman–Crippen MR) is 61.0 cm³/mol. The molecule has 0 aliphatic heterocycles. The number of halogens is 1. The van der Waals surface area contributed by atoms with Gasteiger partial charge in [0, 0.05) is 0 Å². The molecule has 0 aliphatic rings. The van der Waals surface area contributed by atoms with E-state index >= 15 is 0 Å². The summed E-state index contributed by atoms with van der Waals surface area (Å²) < 4.78 is 13.5. The predicted octanol–water partition coefficient (Wildman–Crippen LogP) is 2.14. The van der Waals surface area contributed by atoms with E-state index in [1.807, 2.05) is 0 Å². The van der Waals surface area contributed by atoms with Crippen molar-refractivity contribution in [2.45, 2.75) is 12.5 Å². The second-order valence-corrected chi connectivity index (χ2v) is 3.37. The quantitative estimate of drug-likeness (QED) is 0.765. The molecule has 5 heteroatoms. The summed E-state index contributed by atoms with van der Waals surface area (Å²) in [6.45, 7) is 3.43.